The number of hydrogen-bond acceptors (Lipinski definition) is 5. The van der Waals surface area contributed by atoms with Gasteiger partial charge in [-0.2, -0.15) is 0 Å². The molecular formula is C30H37F3N2O3. The quantitative estimate of drug-likeness (QED) is 0.359. The lowest BCUT2D eigenvalue weighted by Gasteiger charge is -2.37. The maximum atomic E-state index is 12.5. The van der Waals surface area contributed by atoms with Gasteiger partial charge < -0.3 is 15.2 Å². The van der Waals surface area contributed by atoms with Crippen LogP contribution in [0.1, 0.15) is 69.9 Å². The van der Waals surface area contributed by atoms with Crippen LogP contribution in [0.3, 0.4) is 0 Å². The fourth-order valence-electron chi connectivity index (χ4n) is 4.88. The van der Waals surface area contributed by atoms with Gasteiger partial charge in [0.1, 0.15) is 12.0 Å². The lowest BCUT2D eigenvalue weighted by Crippen LogP contribution is -2.23. The second-order valence-electron chi connectivity index (χ2n) is 9.33. The van der Waals surface area contributed by atoms with Gasteiger partial charge in [-0.25, -0.2) is 0 Å². The van der Waals surface area contributed by atoms with Gasteiger partial charge in [0.05, 0.1) is 17.9 Å². The Labute approximate surface area is 222 Å². The monoisotopic (exact) mass is 530 g/mol. The fourth-order valence-corrected chi connectivity index (χ4v) is 4.88. The average Bonchev–Trinajstić information content (AvgIpc) is 2.85. The third kappa shape index (κ3) is 7.25. The molecule has 38 heavy (non-hydrogen) atoms. The van der Waals surface area contributed by atoms with Crippen LogP contribution in [0.2, 0.25) is 0 Å². The Morgan fingerprint density at radius 2 is 1.87 bits per heavy atom. The van der Waals surface area contributed by atoms with Crippen LogP contribution in [0.4, 0.5) is 24.5 Å². The molecular weight excluding hydrogens is 493 g/mol. The summed E-state index contributed by atoms with van der Waals surface area (Å²) in [7, 11) is 0. The molecule has 0 unspecified atom stereocenters. The number of carbonyl (C=O) groups is 1. The van der Waals surface area contributed by atoms with Crippen molar-refractivity contribution in [2.45, 2.75) is 71.6 Å². The summed E-state index contributed by atoms with van der Waals surface area (Å²) in [5.41, 5.74) is 6.63. The van der Waals surface area contributed by atoms with E-state index >= 15 is 0 Å². The number of alkyl halides is 3. The Hall–Kier alpha value is -3.13. The van der Waals surface area contributed by atoms with Crippen LogP contribution >= 0.6 is 0 Å². The largest absolute Gasteiger partial charge is 0.573 e. The fraction of sp³-hybridized carbons (Fsp3) is 0.467. The highest BCUT2D eigenvalue weighted by atomic mass is 19.4. The molecule has 1 aliphatic heterocycles. The van der Waals surface area contributed by atoms with E-state index in [4.69, 9.17) is 0 Å². The Morgan fingerprint density at radius 1 is 1.18 bits per heavy atom. The number of nitrogens with one attached hydrogen (secondary N) is 1. The molecule has 0 bridgehead atoms. The molecule has 0 aromatic heterocycles. The molecule has 0 spiro atoms. The number of carbonyl (C=O) groups excluding carboxylic acids is 1. The summed E-state index contributed by atoms with van der Waals surface area (Å²) in [4.78, 5) is 14.4. The molecule has 0 saturated heterocycles. The van der Waals surface area contributed by atoms with Gasteiger partial charge in [-0.1, -0.05) is 45.4 Å². The van der Waals surface area contributed by atoms with Crippen molar-refractivity contribution in [1.29, 1.82) is 0 Å². The zero-order chi connectivity index (χ0) is 27.7. The van der Waals surface area contributed by atoms with E-state index in [0.29, 0.717) is 18.9 Å². The zero-order valence-corrected chi connectivity index (χ0v) is 22.3. The van der Waals surface area contributed by atoms with Crippen molar-refractivity contribution < 1.29 is 27.8 Å². The lowest BCUT2D eigenvalue weighted by molar-refractivity contribution is -0.274. The summed E-state index contributed by atoms with van der Waals surface area (Å²) in [6.07, 6.45) is 5.99. The van der Waals surface area contributed by atoms with Crippen molar-refractivity contribution >= 4 is 23.9 Å². The van der Waals surface area contributed by atoms with Crippen molar-refractivity contribution in [3.05, 3.63) is 53.1 Å². The summed E-state index contributed by atoms with van der Waals surface area (Å²) >= 11 is 0. The van der Waals surface area contributed by atoms with Crippen LogP contribution in [0.25, 0.3) is 11.1 Å². The van der Waals surface area contributed by atoms with Crippen LogP contribution in [0, 0.1) is 5.92 Å². The van der Waals surface area contributed by atoms with Crippen molar-refractivity contribution in [1.82, 2.24) is 0 Å². The van der Waals surface area contributed by atoms with E-state index in [0.717, 1.165) is 77.9 Å². The number of aliphatic imine (C=N–C) groups is 1. The minimum absolute atomic E-state index is 0.0434. The average molecular weight is 531 g/mol. The lowest BCUT2D eigenvalue weighted by atomic mass is 9.68. The van der Waals surface area contributed by atoms with Gasteiger partial charge in [-0.05, 0) is 84.4 Å². The topological polar surface area (TPSA) is 70.9 Å². The van der Waals surface area contributed by atoms with Gasteiger partial charge in [-0.15, -0.1) is 13.2 Å². The molecule has 2 aliphatic carbocycles. The van der Waals surface area contributed by atoms with Gasteiger partial charge in [0.15, 0.2) is 0 Å². The Morgan fingerprint density at radius 3 is 2.37 bits per heavy atom. The first-order valence-electron chi connectivity index (χ1n) is 13.4. The first-order chi connectivity index (χ1) is 18.3. The minimum Gasteiger partial charge on any atom is -0.406 e. The van der Waals surface area contributed by atoms with E-state index in [1.165, 1.54) is 17.7 Å². The Bertz CT molecular complexity index is 1130. The molecule has 2 N–H and O–H groups in total. The number of fused-ring (bicyclic) bond motifs is 1. The van der Waals surface area contributed by atoms with Crippen LogP contribution < -0.4 is 10.1 Å². The number of anilines is 1. The molecule has 1 heterocycles. The van der Waals surface area contributed by atoms with Gasteiger partial charge in [0, 0.05) is 18.4 Å². The number of rotatable bonds is 7. The summed E-state index contributed by atoms with van der Waals surface area (Å²) in [6, 6.07) is 8.08. The maximum absolute atomic E-state index is 12.5. The summed E-state index contributed by atoms with van der Waals surface area (Å²) < 4.78 is 41.5. The minimum atomic E-state index is -4.71. The highest BCUT2D eigenvalue weighted by molar-refractivity contribution is 5.94. The second-order valence-corrected chi connectivity index (χ2v) is 9.33. The van der Waals surface area contributed by atoms with Crippen molar-refractivity contribution in [2.24, 2.45) is 10.9 Å². The smallest absolute Gasteiger partial charge is 0.406 e. The molecule has 2 aromatic rings. The molecule has 206 valence electrons. The third-order valence-electron chi connectivity index (χ3n) is 7.04. The highest BCUT2D eigenvalue weighted by Gasteiger charge is 2.33. The molecule has 8 heteroatoms. The first-order valence-corrected chi connectivity index (χ1v) is 13.4. The molecule has 3 aliphatic rings. The summed E-state index contributed by atoms with van der Waals surface area (Å²) in [5.74, 6) is 0.899. The number of halogens is 3. The standard InChI is InChI=1S/C23H25F3N2O2.C5H6O.C2H6/c1-2-14-11-16(12-14)19-13-20(15-3-5-17(6-4-15)30-23(24,25)26)22-21(18(19)7-10-29)27-8-9-28-22;6-4-5-2-1-3-5;1-2/h3-6,8,13-14,16,28-29H,2,7,9-12H2,1H3;2,4H,1,3H2;1-2H3. The SMILES string of the molecule is CC.CCC1CC(c2cc(-c3ccc(OC(F)(F)F)cc3)c3c(c2CCO)N=CCN3)C1.O=CC1=CCC1. The van der Waals surface area contributed by atoms with Gasteiger partial charge >= 0.3 is 6.36 Å². The van der Waals surface area contributed by atoms with E-state index in [-0.39, 0.29) is 12.4 Å². The number of aliphatic hydroxyl groups is 1. The Kier molecular flexibility index (Phi) is 10.5. The number of benzene rings is 2. The van der Waals surface area contributed by atoms with Gasteiger partial charge in [0.25, 0.3) is 0 Å². The van der Waals surface area contributed by atoms with Gasteiger partial charge in [-0.3, -0.25) is 9.79 Å². The van der Waals surface area contributed by atoms with E-state index in [9.17, 15) is 23.1 Å². The van der Waals surface area contributed by atoms with E-state index in [2.05, 4.69) is 28.0 Å². The molecule has 5 rings (SSSR count). The second kappa shape index (κ2) is 13.6. The maximum Gasteiger partial charge on any atom is 0.573 e. The van der Waals surface area contributed by atoms with Crippen LogP contribution in [0.5, 0.6) is 5.75 Å². The van der Waals surface area contributed by atoms with Crippen molar-refractivity contribution in [3.8, 4) is 16.9 Å². The number of aliphatic hydroxyl groups excluding tert-OH is 1. The van der Waals surface area contributed by atoms with Gasteiger partial charge in [0.2, 0.25) is 0 Å². The number of hydrogen-bond donors (Lipinski definition) is 2. The molecule has 0 atom stereocenters. The van der Waals surface area contributed by atoms with E-state index in [1.54, 1.807) is 12.1 Å². The predicted octanol–water partition coefficient (Wildman–Crippen LogP) is 7.75. The van der Waals surface area contributed by atoms with E-state index in [1.807, 2.05) is 26.1 Å². The van der Waals surface area contributed by atoms with Crippen molar-refractivity contribution in [2.75, 3.05) is 18.5 Å². The molecule has 5 nitrogen and oxygen atoms in total. The number of allylic oxidation sites excluding steroid dienone is 2. The van der Waals surface area contributed by atoms with Crippen LogP contribution in [-0.4, -0.2) is 37.1 Å². The molecule has 2 aromatic carbocycles. The molecule has 0 radical (unpaired) electrons. The summed E-state index contributed by atoms with van der Waals surface area (Å²) in [6.45, 7) is 6.82. The van der Waals surface area contributed by atoms with Crippen LogP contribution in [0.15, 0.2) is 47.0 Å². The molecule has 0 amide bonds. The first kappa shape index (κ1) is 29.4. The number of nitrogens with zero attached hydrogens (tertiary/aromatic N) is 1. The van der Waals surface area contributed by atoms with Crippen molar-refractivity contribution in [3.63, 3.8) is 0 Å². The predicted molar refractivity (Wildman–Crippen MR) is 146 cm³/mol. The molecule has 1 saturated carbocycles. The Balaban J connectivity index is 0.000000434. The highest BCUT2D eigenvalue weighted by Crippen LogP contribution is 2.50. The normalized spacial score (nSPS) is 19.1. The third-order valence-corrected chi connectivity index (χ3v) is 7.04. The van der Waals surface area contributed by atoms with Crippen LogP contribution in [-0.2, 0) is 11.2 Å². The number of ether oxygens (including phenoxy) is 1. The van der Waals surface area contributed by atoms with E-state index < -0.39 is 6.36 Å². The summed E-state index contributed by atoms with van der Waals surface area (Å²) in [5, 5.41) is 13.0. The molecule has 1 fully saturated rings. The zero-order valence-electron chi connectivity index (χ0n) is 22.3. The number of aldehydes is 1.